The second-order valence-corrected chi connectivity index (χ2v) is 5.56. The standard InChI is InChI=1S/C14H16N4O2/c1-9-11(6-12(20-9)10-2-3-10)14(19)17-4-5-18-8-15-16-13(18)7-17/h6,8,10H,2-5,7H2,1H3. The second-order valence-electron chi connectivity index (χ2n) is 5.56. The zero-order chi connectivity index (χ0) is 13.7. The fourth-order valence-corrected chi connectivity index (χ4v) is 2.70. The van der Waals surface area contributed by atoms with E-state index in [-0.39, 0.29) is 5.91 Å². The average Bonchev–Trinajstić information content (AvgIpc) is 3.07. The maximum atomic E-state index is 12.6. The molecule has 0 bridgehead atoms. The summed E-state index contributed by atoms with van der Waals surface area (Å²) in [6, 6.07) is 1.93. The number of furan rings is 1. The lowest BCUT2D eigenvalue weighted by molar-refractivity contribution is 0.0705. The lowest BCUT2D eigenvalue weighted by atomic mass is 10.2. The number of aryl methyl sites for hydroxylation is 1. The largest absolute Gasteiger partial charge is 0.465 e. The molecule has 2 aromatic heterocycles. The van der Waals surface area contributed by atoms with E-state index in [1.54, 1.807) is 6.33 Å². The summed E-state index contributed by atoms with van der Waals surface area (Å²) in [5.74, 6) is 3.09. The fraction of sp³-hybridized carbons (Fsp3) is 0.500. The number of carbonyl (C=O) groups excluding carboxylic acids is 1. The van der Waals surface area contributed by atoms with E-state index in [1.807, 2.05) is 22.5 Å². The van der Waals surface area contributed by atoms with E-state index >= 15 is 0 Å². The zero-order valence-electron chi connectivity index (χ0n) is 11.4. The van der Waals surface area contributed by atoms with Crippen molar-refractivity contribution in [1.82, 2.24) is 19.7 Å². The average molecular weight is 272 g/mol. The van der Waals surface area contributed by atoms with Crippen LogP contribution < -0.4 is 0 Å². The van der Waals surface area contributed by atoms with Crippen LogP contribution in [0.3, 0.4) is 0 Å². The van der Waals surface area contributed by atoms with Gasteiger partial charge in [0.25, 0.3) is 5.91 Å². The van der Waals surface area contributed by atoms with Crippen molar-refractivity contribution in [3.63, 3.8) is 0 Å². The van der Waals surface area contributed by atoms with E-state index < -0.39 is 0 Å². The lowest BCUT2D eigenvalue weighted by Gasteiger charge is -2.26. The molecular weight excluding hydrogens is 256 g/mol. The molecule has 20 heavy (non-hydrogen) atoms. The minimum Gasteiger partial charge on any atom is -0.465 e. The highest BCUT2D eigenvalue weighted by molar-refractivity contribution is 5.95. The number of hydrogen-bond donors (Lipinski definition) is 0. The van der Waals surface area contributed by atoms with Gasteiger partial charge in [0, 0.05) is 19.0 Å². The van der Waals surface area contributed by atoms with Gasteiger partial charge in [-0.1, -0.05) is 0 Å². The van der Waals surface area contributed by atoms with Gasteiger partial charge in [-0.15, -0.1) is 10.2 Å². The molecule has 2 aromatic rings. The quantitative estimate of drug-likeness (QED) is 0.835. The Hall–Kier alpha value is -2.11. The Bertz CT molecular complexity index is 669. The predicted octanol–water partition coefficient (Wildman–Crippen LogP) is 1.71. The number of carbonyl (C=O) groups is 1. The van der Waals surface area contributed by atoms with Gasteiger partial charge < -0.3 is 13.9 Å². The highest BCUT2D eigenvalue weighted by Gasteiger charge is 2.31. The van der Waals surface area contributed by atoms with Crippen LogP contribution in [0.15, 0.2) is 16.8 Å². The van der Waals surface area contributed by atoms with Crippen LogP contribution in [0, 0.1) is 6.92 Å². The summed E-state index contributed by atoms with van der Waals surface area (Å²) in [4.78, 5) is 14.4. The van der Waals surface area contributed by atoms with Crippen LogP contribution >= 0.6 is 0 Å². The molecule has 6 nitrogen and oxygen atoms in total. The first kappa shape index (κ1) is 11.7. The van der Waals surface area contributed by atoms with Crippen LogP contribution in [0.2, 0.25) is 0 Å². The van der Waals surface area contributed by atoms with Crippen LogP contribution in [0.25, 0.3) is 0 Å². The van der Waals surface area contributed by atoms with Crippen LogP contribution in [0.4, 0.5) is 0 Å². The first-order valence-electron chi connectivity index (χ1n) is 6.98. The van der Waals surface area contributed by atoms with E-state index in [0.717, 1.165) is 23.9 Å². The van der Waals surface area contributed by atoms with Crippen LogP contribution in [-0.2, 0) is 13.1 Å². The molecule has 0 spiro atoms. The normalized spacial score (nSPS) is 18.1. The van der Waals surface area contributed by atoms with Crippen molar-refractivity contribution >= 4 is 5.91 Å². The highest BCUT2D eigenvalue weighted by atomic mass is 16.3. The van der Waals surface area contributed by atoms with Gasteiger partial charge in [0.15, 0.2) is 5.82 Å². The third-order valence-corrected chi connectivity index (χ3v) is 4.07. The molecule has 0 atom stereocenters. The van der Waals surface area contributed by atoms with Gasteiger partial charge >= 0.3 is 0 Å². The third kappa shape index (κ3) is 1.83. The summed E-state index contributed by atoms with van der Waals surface area (Å²) in [5, 5.41) is 7.92. The lowest BCUT2D eigenvalue weighted by Crippen LogP contribution is -2.38. The van der Waals surface area contributed by atoms with Crippen molar-refractivity contribution in [3.8, 4) is 0 Å². The molecular formula is C14H16N4O2. The molecule has 1 fully saturated rings. The molecule has 104 valence electrons. The van der Waals surface area contributed by atoms with Crippen molar-refractivity contribution in [3.05, 3.63) is 35.3 Å². The Balaban J connectivity index is 1.58. The van der Waals surface area contributed by atoms with E-state index in [2.05, 4.69) is 10.2 Å². The molecule has 1 aliphatic heterocycles. The molecule has 1 saturated carbocycles. The summed E-state index contributed by atoms with van der Waals surface area (Å²) >= 11 is 0. The van der Waals surface area contributed by atoms with Crippen LogP contribution in [0.1, 0.15) is 46.5 Å². The number of nitrogens with zero attached hydrogens (tertiary/aromatic N) is 4. The first-order valence-corrected chi connectivity index (χ1v) is 6.98. The van der Waals surface area contributed by atoms with Crippen molar-refractivity contribution in [2.45, 2.75) is 38.8 Å². The maximum Gasteiger partial charge on any atom is 0.257 e. The van der Waals surface area contributed by atoms with E-state index in [0.29, 0.717) is 24.6 Å². The molecule has 0 N–H and O–H groups in total. The minimum atomic E-state index is 0.0346. The minimum absolute atomic E-state index is 0.0346. The summed E-state index contributed by atoms with van der Waals surface area (Å²) < 4.78 is 7.71. The van der Waals surface area contributed by atoms with Gasteiger partial charge in [0.05, 0.1) is 12.1 Å². The summed E-state index contributed by atoms with van der Waals surface area (Å²) in [7, 11) is 0. The molecule has 2 aliphatic rings. The highest BCUT2D eigenvalue weighted by Crippen LogP contribution is 2.41. The summed E-state index contributed by atoms with van der Waals surface area (Å²) in [6.45, 7) is 3.82. The Morgan fingerprint density at radius 3 is 3.05 bits per heavy atom. The zero-order valence-corrected chi connectivity index (χ0v) is 11.4. The first-order chi connectivity index (χ1) is 9.72. The summed E-state index contributed by atoms with van der Waals surface area (Å²) in [6.07, 6.45) is 4.06. The van der Waals surface area contributed by atoms with Crippen molar-refractivity contribution < 1.29 is 9.21 Å². The molecule has 0 aromatic carbocycles. The Kier molecular flexibility index (Phi) is 2.45. The molecule has 0 radical (unpaired) electrons. The molecule has 3 heterocycles. The molecule has 1 aliphatic carbocycles. The number of aromatic nitrogens is 3. The van der Waals surface area contributed by atoms with Gasteiger partial charge in [-0.2, -0.15) is 0 Å². The van der Waals surface area contributed by atoms with E-state index in [1.165, 1.54) is 12.8 Å². The molecule has 6 heteroatoms. The van der Waals surface area contributed by atoms with Crippen LogP contribution in [-0.4, -0.2) is 32.1 Å². The van der Waals surface area contributed by atoms with Crippen LogP contribution in [0.5, 0.6) is 0 Å². The number of fused-ring (bicyclic) bond motifs is 1. The number of amides is 1. The summed E-state index contributed by atoms with van der Waals surface area (Å²) in [5.41, 5.74) is 0.694. The number of rotatable bonds is 2. The third-order valence-electron chi connectivity index (χ3n) is 4.07. The molecule has 4 rings (SSSR count). The smallest absolute Gasteiger partial charge is 0.257 e. The SMILES string of the molecule is Cc1oc(C2CC2)cc1C(=O)N1CCn2cnnc2C1. The van der Waals surface area contributed by atoms with Crippen molar-refractivity contribution in [1.29, 1.82) is 0 Å². The molecule has 0 unspecified atom stereocenters. The van der Waals surface area contributed by atoms with Gasteiger partial charge in [-0.05, 0) is 25.8 Å². The maximum absolute atomic E-state index is 12.6. The van der Waals surface area contributed by atoms with Gasteiger partial charge in [0.1, 0.15) is 17.8 Å². The predicted molar refractivity (Wildman–Crippen MR) is 70.2 cm³/mol. The molecule has 1 amide bonds. The van der Waals surface area contributed by atoms with Gasteiger partial charge in [0.2, 0.25) is 0 Å². The van der Waals surface area contributed by atoms with Gasteiger partial charge in [-0.3, -0.25) is 4.79 Å². The van der Waals surface area contributed by atoms with E-state index in [4.69, 9.17) is 4.42 Å². The molecule has 0 saturated heterocycles. The van der Waals surface area contributed by atoms with Crippen molar-refractivity contribution in [2.75, 3.05) is 6.54 Å². The topological polar surface area (TPSA) is 64.2 Å². The Morgan fingerprint density at radius 2 is 2.25 bits per heavy atom. The van der Waals surface area contributed by atoms with Gasteiger partial charge in [-0.25, -0.2) is 0 Å². The Morgan fingerprint density at radius 1 is 1.40 bits per heavy atom. The number of hydrogen-bond acceptors (Lipinski definition) is 4. The Labute approximate surface area is 116 Å². The second kappa shape index (κ2) is 4.19. The van der Waals surface area contributed by atoms with E-state index in [9.17, 15) is 4.79 Å². The van der Waals surface area contributed by atoms with Crippen molar-refractivity contribution in [2.24, 2.45) is 0 Å². The fourth-order valence-electron chi connectivity index (χ4n) is 2.70. The monoisotopic (exact) mass is 272 g/mol.